The summed E-state index contributed by atoms with van der Waals surface area (Å²) in [5.74, 6) is 0. The molecule has 1 N–H and O–H groups in total. The first-order valence-corrected chi connectivity index (χ1v) is 6.23. The number of nitrogens with zero attached hydrogens (tertiary/aromatic N) is 4. The zero-order valence-electron chi connectivity index (χ0n) is 16.3. The van der Waals surface area contributed by atoms with E-state index in [-0.39, 0.29) is 30.6 Å². The molecule has 0 saturated carbocycles. The molecule has 0 unspecified atom stereocenters. The second kappa shape index (κ2) is 5.62. The smallest absolute Gasteiger partial charge is 0.332 e. The summed E-state index contributed by atoms with van der Waals surface area (Å²) in [6.07, 6.45) is -1.83. The van der Waals surface area contributed by atoms with Crippen molar-refractivity contribution in [1.82, 2.24) is 18.7 Å². The molecular formula is C13H20N4O3. The summed E-state index contributed by atoms with van der Waals surface area (Å²) in [5, 5.41) is 9.39. The summed E-state index contributed by atoms with van der Waals surface area (Å²) in [5.41, 5.74) is -1.94. The van der Waals surface area contributed by atoms with Crippen molar-refractivity contribution in [3.05, 3.63) is 27.2 Å². The molecule has 20 heavy (non-hydrogen) atoms. The van der Waals surface area contributed by atoms with E-state index >= 15 is 0 Å². The van der Waals surface area contributed by atoms with Gasteiger partial charge in [-0.05, 0) is 26.1 Å². The van der Waals surface area contributed by atoms with E-state index in [9.17, 15) is 14.7 Å². The van der Waals surface area contributed by atoms with Gasteiger partial charge in [0.1, 0.15) is 0 Å². The zero-order chi connectivity index (χ0) is 19.2. The largest absolute Gasteiger partial charge is 0.393 e. The lowest BCUT2D eigenvalue weighted by atomic mass is 10.2. The Morgan fingerprint density at radius 2 is 2.25 bits per heavy atom. The topological polar surface area (TPSA) is 82.0 Å². The number of aryl methyl sites for hydroxylation is 2. The summed E-state index contributed by atoms with van der Waals surface area (Å²) in [6, 6.07) is 0. The molecule has 0 spiro atoms. The van der Waals surface area contributed by atoms with Crippen LogP contribution in [0, 0.1) is 0 Å². The van der Waals surface area contributed by atoms with Crippen LogP contribution in [-0.4, -0.2) is 29.9 Å². The summed E-state index contributed by atoms with van der Waals surface area (Å²) in [7, 11) is 1.52. The minimum Gasteiger partial charge on any atom is -0.393 e. The van der Waals surface area contributed by atoms with Crippen LogP contribution in [0.1, 0.15) is 33.0 Å². The Bertz CT molecular complexity index is 894. The maximum atomic E-state index is 12.6. The summed E-state index contributed by atoms with van der Waals surface area (Å²) in [6.45, 7) is -1.66. The van der Waals surface area contributed by atoms with Crippen LogP contribution in [0.25, 0.3) is 11.2 Å². The highest BCUT2D eigenvalue weighted by molar-refractivity contribution is 5.69. The fourth-order valence-corrected chi connectivity index (χ4v) is 2.00. The molecule has 2 aromatic heterocycles. The van der Waals surface area contributed by atoms with Crippen molar-refractivity contribution >= 4 is 11.2 Å². The molecule has 0 radical (unpaired) electrons. The fourth-order valence-electron chi connectivity index (χ4n) is 2.00. The van der Waals surface area contributed by atoms with E-state index in [2.05, 4.69) is 4.98 Å². The van der Waals surface area contributed by atoms with E-state index in [1.807, 2.05) is 0 Å². The lowest BCUT2D eigenvalue weighted by molar-refractivity contribution is 0.180. The van der Waals surface area contributed by atoms with E-state index in [1.165, 1.54) is 24.9 Å². The Morgan fingerprint density at radius 1 is 1.50 bits per heavy atom. The number of imidazole rings is 1. The monoisotopic (exact) mass is 285 g/mol. The van der Waals surface area contributed by atoms with Gasteiger partial charge in [-0.25, -0.2) is 9.78 Å². The standard InChI is InChI=1S/C13H20N4O3/c1-9(18)6-4-5-7-17-12(19)10-11(14-8-15(10)2)16(3)13(17)20/h8-9,18H,4-7H2,1-3H3/t9-/m0/s1/i3D3,6D2. The van der Waals surface area contributed by atoms with Crippen molar-refractivity contribution in [1.29, 1.82) is 0 Å². The van der Waals surface area contributed by atoms with Crippen molar-refractivity contribution < 1.29 is 12.0 Å². The molecule has 0 aliphatic heterocycles. The first-order valence-electron chi connectivity index (χ1n) is 8.73. The van der Waals surface area contributed by atoms with Gasteiger partial charge in [0.15, 0.2) is 11.2 Å². The number of hydrogen-bond donors (Lipinski definition) is 1. The van der Waals surface area contributed by atoms with E-state index in [0.717, 1.165) is 4.57 Å². The predicted molar refractivity (Wildman–Crippen MR) is 75.7 cm³/mol. The lowest BCUT2D eigenvalue weighted by Crippen LogP contribution is -2.39. The number of rotatable bonds is 5. The van der Waals surface area contributed by atoms with E-state index in [1.54, 1.807) is 0 Å². The summed E-state index contributed by atoms with van der Waals surface area (Å²) >= 11 is 0. The minimum atomic E-state index is -2.81. The molecule has 2 heterocycles. The van der Waals surface area contributed by atoms with Gasteiger partial charge in [-0.3, -0.25) is 13.9 Å². The number of fused-ring (bicyclic) bond motifs is 1. The van der Waals surface area contributed by atoms with Crippen LogP contribution in [0.15, 0.2) is 15.9 Å². The third-order valence-corrected chi connectivity index (χ3v) is 3.00. The number of hydrogen-bond acceptors (Lipinski definition) is 4. The zero-order valence-corrected chi connectivity index (χ0v) is 11.3. The van der Waals surface area contributed by atoms with Gasteiger partial charge in [-0.2, -0.15) is 0 Å². The SMILES string of the molecule is [2H]C([2H])(CCCn1c(=O)c2c(ncn2C)n(C([2H])([2H])[2H])c1=O)[C@H](C)O. The van der Waals surface area contributed by atoms with Gasteiger partial charge >= 0.3 is 5.69 Å². The average molecular weight is 285 g/mol. The van der Waals surface area contributed by atoms with Gasteiger partial charge in [-0.1, -0.05) is 0 Å². The molecule has 0 aromatic carbocycles. The molecule has 0 amide bonds. The van der Waals surface area contributed by atoms with Crippen LogP contribution in [0.2, 0.25) is 0 Å². The van der Waals surface area contributed by atoms with Crippen molar-refractivity contribution in [3.63, 3.8) is 0 Å². The Morgan fingerprint density at radius 3 is 2.90 bits per heavy atom. The molecule has 0 aliphatic rings. The minimum absolute atomic E-state index is 0.0192. The normalized spacial score (nSPS) is 18.1. The molecule has 110 valence electrons. The van der Waals surface area contributed by atoms with Crippen LogP contribution in [-0.2, 0) is 20.6 Å². The van der Waals surface area contributed by atoms with Crippen LogP contribution in [0.3, 0.4) is 0 Å². The van der Waals surface area contributed by atoms with E-state index < -0.39 is 30.7 Å². The molecule has 0 bridgehead atoms. The second-order valence-corrected chi connectivity index (χ2v) is 4.59. The van der Waals surface area contributed by atoms with Gasteiger partial charge in [-0.15, -0.1) is 0 Å². The van der Waals surface area contributed by atoms with Gasteiger partial charge < -0.3 is 9.67 Å². The summed E-state index contributed by atoms with van der Waals surface area (Å²) < 4.78 is 40.6. The fraction of sp³-hybridized carbons (Fsp3) is 0.615. The molecule has 7 heteroatoms. The first kappa shape index (κ1) is 9.12. The number of aliphatic hydroxyl groups excluding tert-OH is 1. The third kappa shape index (κ3) is 2.53. The van der Waals surface area contributed by atoms with Crippen LogP contribution >= 0.6 is 0 Å². The van der Waals surface area contributed by atoms with Crippen LogP contribution in [0.4, 0.5) is 0 Å². The highest BCUT2D eigenvalue weighted by atomic mass is 16.3. The highest BCUT2D eigenvalue weighted by Crippen LogP contribution is 2.04. The quantitative estimate of drug-likeness (QED) is 0.837. The summed E-state index contributed by atoms with van der Waals surface area (Å²) in [4.78, 5) is 28.9. The lowest BCUT2D eigenvalue weighted by Gasteiger charge is -2.09. The highest BCUT2D eigenvalue weighted by Gasteiger charge is 2.14. The molecule has 0 fully saturated rings. The average Bonchev–Trinajstić information content (AvgIpc) is 2.82. The molecule has 2 rings (SSSR count). The van der Waals surface area contributed by atoms with Gasteiger partial charge in [0.25, 0.3) is 5.56 Å². The van der Waals surface area contributed by atoms with Gasteiger partial charge in [0, 0.05) is 27.4 Å². The van der Waals surface area contributed by atoms with Crippen LogP contribution < -0.4 is 11.2 Å². The molecular weight excluding hydrogens is 260 g/mol. The van der Waals surface area contributed by atoms with Gasteiger partial charge in [0.2, 0.25) is 0 Å². The maximum absolute atomic E-state index is 12.6. The number of aliphatic hydroxyl groups is 1. The van der Waals surface area contributed by atoms with E-state index in [0.29, 0.717) is 4.57 Å². The Balaban J connectivity index is 2.52. The van der Waals surface area contributed by atoms with Crippen molar-refractivity contribution in [3.8, 4) is 0 Å². The van der Waals surface area contributed by atoms with Crippen molar-refractivity contribution in [2.45, 2.75) is 38.8 Å². The molecule has 0 saturated heterocycles. The van der Waals surface area contributed by atoms with Crippen molar-refractivity contribution in [2.75, 3.05) is 0 Å². The molecule has 1 atom stereocenters. The van der Waals surface area contributed by atoms with E-state index in [4.69, 9.17) is 6.85 Å². The molecule has 0 aliphatic carbocycles. The van der Waals surface area contributed by atoms with Crippen LogP contribution in [0.5, 0.6) is 0 Å². The third-order valence-electron chi connectivity index (χ3n) is 3.00. The molecule has 2 aromatic rings. The Labute approximate surface area is 123 Å². The Hall–Kier alpha value is -1.89. The Kier molecular flexibility index (Phi) is 2.56. The van der Waals surface area contributed by atoms with Crippen molar-refractivity contribution in [2.24, 2.45) is 14.0 Å². The molecule has 7 nitrogen and oxygen atoms in total. The number of aromatic nitrogens is 4. The second-order valence-electron chi connectivity index (χ2n) is 4.59. The predicted octanol–water partition coefficient (Wildman–Crippen LogP) is -0.0152. The van der Waals surface area contributed by atoms with Gasteiger partial charge in [0.05, 0.1) is 12.4 Å². The first-order chi connectivity index (χ1) is 11.4. The maximum Gasteiger partial charge on any atom is 0.332 e.